The zero-order valence-corrected chi connectivity index (χ0v) is 18.9. The standard InChI is InChI=1S/C25H25N3O3S/c1-25(2)13-18-22(20(29)14-25)23(21-10-6-12-32-21)28(19-9-4-3-8-17(19)27-18)24(30)26-15-16-7-5-11-31-16/h3-12,23,27H,13-15H2,1-2H3,(H,26,30)/t23-/m0/s1. The second-order valence-corrected chi connectivity index (χ2v) is 9.98. The molecule has 6 nitrogen and oxygen atoms in total. The number of nitrogens with zero attached hydrogens (tertiary/aromatic N) is 1. The number of urea groups is 1. The number of carbonyl (C=O) groups excluding carboxylic acids is 2. The molecule has 5 rings (SSSR count). The van der Waals surface area contributed by atoms with E-state index in [0.717, 1.165) is 28.4 Å². The molecule has 1 aliphatic carbocycles. The van der Waals surface area contributed by atoms with Gasteiger partial charge in [0.15, 0.2) is 5.78 Å². The molecule has 2 aromatic heterocycles. The largest absolute Gasteiger partial charge is 0.467 e. The topological polar surface area (TPSA) is 74.6 Å². The Morgan fingerprint density at radius 3 is 2.78 bits per heavy atom. The minimum Gasteiger partial charge on any atom is -0.467 e. The van der Waals surface area contributed by atoms with Crippen LogP contribution in [0.5, 0.6) is 0 Å². The van der Waals surface area contributed by atoms with Gasteiger partial charge in [0, 0.05) is 22.6 Å². The molecule has 2 aliphatic rings. The van der Waals surface area contributed by atoms with Crippen molar-refractivity contribution < 1.29 is 14.0 Å². The van der Waals surface area contributed by atoms with Crippen LogP contribution in [0.3, 0.4) is 0 Å². The number of thiophene rings is 1. The molecule has 1 aromatic carbocycles. The second-order valence-electron chi connectivity index (χ2n) is 9.00. The number of benzene rings is 1. The van der Waals surface area contributed by atoms with Crippen molar-refractivity contribution in [3.05, 3.63) is 82.1 Å². The second kappa shape index (κ2) is 7.98. The van der Waals surface area contributed by atoms with E-state index in [2.05, 4.69) is 24.5 Å². The number of ketones is 1. The summed E-state index contributed by atoms with van der Waals surface area (Å²) in [6, 6.07) is 14.5. The third-order valence-corrected chi connectivity index (χ3v) is 6.85. The number of amides is 2. The van der Waals surface area contributed by atoms with Gasteiger partial charge in [-0.25, -0.2) is 4.79 Å². The summed E-state index contributed by atoms with van der Waals surface area (Å²) in [5, 5.41) is 8.48. The van der Waals surface area contributed by atoms with Gasteiger partial charge in [-0.05, 0) is 47.5 Å². The van der Waals surface area contributed by atoms with Gasteiger partial charge in [-0.15, -0.1) is 11.3 Å². The highest BCUT2D eigenvalue weighted by Crippen LogP contribution is 2.48. The van der Waals surface area contributed by atoms with E-state index in [-0.39, 0.29) is 23.8 Å². The van der Waals surface area contributed by atoms with Crippen LogP contribution < -0.4 is 15.5 Å². The zero-order valence-electron chi connectivity index (χ0n) is 18.1. The number of para-hydroxylation sites is 2. The lowest BCUT2D eigenvalue weighted by atomic mass is 9.74. The maximum absolute atomic E-state index is 13.6. The van der Waals surface area contributed by atoms with Gasteiger partial charge in [0.2, 0.25) is 0 Å². The number of rotatable bonds is 3. The summed E-state index contributed by atoms with van der Waals surface area (Å²) >= 11 is 1.55. The van der Waals surface area contributed by atoms with E-state index in [1.54, 1.807) is 28.6 Å². The number of allylic oxidation sites excluding steroid dienone is 1. The third kappa shape index (κ3) is 3.73. The molecule has 0 bridgehead atoms. The Labute approximate surface area is 190 Å². The minimum atomic E-state index is -0.499. The zero-order chi connectivity index (χ0) is 22.3. The van der Waals surface area contributed by atoms with Gasteiger partial charge < -0.3 is 15.1 Å². The fourth-order valence-corrected chi connectivity index (χ4v) is 5.41. The van der Waals surface area contributed by atoms with E-state index in [1.165, 1.54) is 0 Å². The molecule has 2 amide bonds. The van der Waals surface area contributed by atoms with Crippen LogP contribution in [0.4, 0.5) is 16.2 Å². The summed E-state index contributed by atoms with van der Waals surface area (Å²) in [4.78, 5) is 29.8. The third-order valence-electron chi connectivity index (χ3n) is 5.93. The molecule has 7 heteroatoms. The molecule has 1 aliphatic heterocycles. The van der Waals surface area contributed by atoms with Gasteiger partial charge in [-0.3, -0.25) is 9.69 Å². The Balaban J connectivity index is 1.64. The maximum Gasteiger partial charge on any atom is 0.323 e. The minimum absolute atomic E-state index is 0.0822. The molecule has 3 heterocycles. The van der Waals surface area contributed by atoms with Crippen LogP contribution in [-0.2, 0) is 11.3 Å². The predicted molar refractivity (Wildman–Crippen MR) is 126 cm³/mol. The van der Waals surface area contributed by atoms with Crippen LogP contribution in [0.15, 0.2) is 75.9 Å². The van der Waals surface area contributed by atoms with E-state index in [9.17, 15) is 9.59 Å². The quantitative estimate of drug-likeness (QED) is 0.527. The van der Waals surface area contributed by atoms with Crippen LogP contribution >= 0.6 is 11.3 Å². The molecule has 0 fully saturated rings. The first-order valence-electron chi connectivity index (χ1n) is 10.7. The number of furan rings is 1. The molecular formula is C25H25N3O3S. The van der Waals surface area contributed by atoms with Crippen molar-refractivity contribution in [3.63, 3.8) is 0 Å². The SMILES string of the molecule is CC1(C)CC(=O)C2=C(C1)Nc1ccccc1N(C(=O)NCc1ccco1)[C@H]2c1cccs1. The molecular weight excluding hydrogens is 422 g/mol. The average Bonchev–Trinajstić information content (AvgIpc) is 3.43. The van der Waals surface area contributed by atoms with Crippen LogP contribution in [0.1, 0.15) is 43.4 Å². The fourth-order valence-electron chi connectivity index (χ4n) is 4.59. The summed E-state index contributed by atoms with van der Waals surface area (Å²) < 4.78 is 5.38. The molecule has 164 valence electrons. The molecule has 0 unspecified atom stereocenters. The lowest BCUT2D eigenvalue weighted by Gasteiger charge is -2.36. The Morgan fingerprint density at radius 1 is 1.19 bits per heavy atom. The highest BCUT2D eigenvalue weighted by Gasteiger charge is 2.43. The number of hydrogen-bond donors (Lipinski definition) is 2. The van der Waals surface area contributed by atoms with Crippen LogP contribution in [-0.4, -0.2) is 11.8 Å². The Morgan fingerprint density at radius 2 is 2.03 bits per heavy atom. The Hall–Kier alpha value is -3.32. The summed E-state index contributed by atoms with van der Waals surface area (Å²) in [6.07, 6.45) is 2.78. The van der Waals surface area contributed by atoms with Gasteiger partial charge in [-0.1, -0.05) is 32.0 Å². The van der Waals surface area contributed by atoms with E-state index in [0.29, 0.717) is 17.8 Å². The highest BCUT2D eigenvalue weighted by atomic mass is 32.1. The molecule has 32 heavy (non-hydrogen) atoms. The summed E-state index contributed by atoms with van der Waals surface area (Å²) in [5.74, 6) is 0.751. The average molecular weight is 448 g/mol. The van der Waals surface area contributed by atoms with Crippen molar-refractivity contribution in [2.24, 2.45) is 5.41 Å². The molecule has 2 N–H and O–H groups in total. The lowest BCUT2D eigenvalue weighted by molar-refractivity contribution is -0.118. The van der Waals surface area contributed by atoms with E-state index < -0.39 is 6.04 Å². The van der Waals surface area contributed by atoms with Crippen LogP contribution in [0.25, 0.3) is 0 Å². The van der Waals surface area contributed by atoms with Gasteiger partial charge in [0.1, 0.15) is 11.8 Å². The Bertz CT molecular complexity index is 1180. The first kappa shape index (κ1) is 20.6. The summed E-state index contributed by atoms with van der Waals surface area (Å²) in [7, 11) is 0. The molecule has 3 aromatic rings. The number of nitrogens with one attached hydrogen (secondary N) is 2. The molecule has 0 radical (unpaired) electrons. The van der Waals surface area contributed by atoms with Crippen LogP contribution in [0, 0.1) is 5.41 Å². The predicted octanol–water partition coefficient (Wildman–Crippen LogP) is 5.87. The van der Waals surface area contributed by atoms with E-state index >= 15 is 0 Å². The fraction of sp³-hybridized carbons (Fsp3) is 0.280. The van der Waals surface area contributed by atoms with Gasteiger partial charge >= 0.3 is 6.03 Å². The molecule has 0 saturated heterocycles. The maximum atomic E-state index is 13.6. The Kier molecular flexibility index (Phi) is 5.13. The van der Waals surface area contributed by atoms with Crippen LogP contribution in [0.2, 0.25) is 0 Å². The highest BCUT2D eigenvalue weighted by molar-refractivity contribution is 7.10. The first-order chi connectivity index (χ1) is 15.4. The number of hydrogen-bond acceptors (Lipinski definition) is 5. The smallest absolute Gasteiger partial charge is 0.323 e. The van der Waals surface area contributed by atoms with Crippen molar-refractivity contribution in [3.8, 4) is 0 Å². The number of anilines is 2. The molecule has 0 saturated carbocycles. The first-order valence-corrected chi connectivity index (χ1v) is 11.6. The summed E-state index contributed by atoms with van der Waals surface area (Å²) in [6.45, 7) is 4.49. The number of carbonyl (C=O) groups is 2. The summed E-state index contributed by atoms with van der Waals surface area (Å²) in [5.41, 5.74) is 2.99. The number of fused-ring (bicyclic) bond motifs is 1. The lowest BCUT2D eigenvalue weighted by Crippen LogP contribution is -2.44. The van der Waals surface area contributed by atoms with Crippen molar-refractivity contribution >= 4 is 34.5 Å². The monoisotopic (exact) mass is 447 g/mol. The molecule has 1 atom stereocenters. The van der Waals surface area contributed by atoms with E-state index in [1.807, 2.05) is 47.8 Å². The van der Waals surface area contributed by atoms with Gasteiger partial charge in [0.25, 0.3) is 0 Å². The van der Waals surface area contributed by atoms with Crippen molar-refractivity contribution in [2.75, 3.05) is 10.2 Å². The van der Waals surface area contributed by atoms with Gasteiger partial charge in [0.05, 0.1) is 24.2 Å². The molecule has 0 spiro atoms. The van der Waals surface area contributed by atoms with Crippen molar-refractivity contribution in [1.82, 2.24) is 5.32 Å². The normalized spacial score (nSPS) is 19.6. The van der Waals surface area contributed by atoms with Gasteiger partial charge in [-0.2, -0.15) is 0 Å². The number of Topliss-reactive ketones (excluding diaryl/α,β-unsaturated/α-hetero) is 1. The van der Waals surface area contributed by atoms with Crippen molar-refractivity contribution in [1.29, 1.82) is 0 Å². The van der Waals surface area contributed by atoms with Crippen molar-refractivity contribution in [2.45, 2.75) is 39.3 Å². The van der Waals surface area contributed by atoms with E-state index in [4.69, 9.17) is 4.42 Å².